The summed E-state index contributed by atoms with van der Waals surface area (Å²) in [4.78, 5) is 0. The molecule has 2 unspecified atom stereocenters. The smallest absolute Gasteiger partial charge is 0.121 e. The van der Waals surface area contributed by atoms with Gasteiger partial charge in [0.2, 0.25) is 0 Å². The second kappa shape index (κ2) is 4.29. The summed E-state index contributed by atoms with van der Waals surface area (Å²) in [7, 11) is 0. The minimum atomic E-state index is 0.00761. The van der Waals surface area contributed by atoms with Gasteiger partial charge in [-0.1, -0.05) is 37.0 Å². The van der Waals surface area contributed by atoms with Crippen LogP contribution in [0.5, 0.6) is 5.75 Å². The van der Waals surface area contributed by atoms with Gasteiger partial charge < -0.3 is 4.74 Å². The van der Waals surface area contributed by atoms with Gasteiger partial charge in [0.15, 0.2) is 0 Å². The van der Waals surface area contributed by atoms with E-state index in [1.807, 2.05) is 6.07 Å². The molecule has 2 atom stereocenters. The van der Waals surface area contributed by atoms with Crippen molar-refractivity contribution in [2.45, 2.75) is 31.7 Å². The summed E-state index contributed by atoms with van der Waals surface area (Å²) in [6, 6.07) is 5.30. The highest BCUT2D eigenvalue weighted by Crippen LogP contribution is 2.46. The van der Waals surface area contributed by atoms with Crippen molar-refractivity contribution in [2.75, 3.05) is 0 Å². The summed E-state index contributed by atoms with van der Waals surface area (Å²) in [6.45, 7) is 4.21. The summed E-state index contributed by atoms with van der Waals surface area (Å²) < 4.78 is 5.84. The van der Waals surface area contributed by atoms with Gasteiger partial charge in [-0.15, -0.1) is 11.6 Å². The number of alkyl halides is 1. The van der Waals surface area contributed by atoms with Crippen LogP contribution in [0.15, 0.2) is 18.2 Å². The summed E-state index contributed by atoms with van der Waals surface area (Å²) in [5, 5.41) is 1.23. The van der Waals surface area contributed by atoms with Crippen LogP contribution in [0.1, 0.15) is 20.3 Å². The topological polar surface area (TPSA) is 9.23 Å². The first-order chi connectivity index (χ1) is 7.41. The number of rotatable bonds is 2. The molecular formula is C12H13Cl3O. The van der Waals surface area contributed by atoms with E-state index in [0.29, 0.717) is 10.0 Å². The average Bonchev–Trinajstić information content (AvgIpc) is 2.23. The molecule has 0 N–H and O–H groups in total. The fraction of sp³-hybridized carbons (Fsp3) is 0.500. The molecule has 2 rings (SSSR count). The Morgan fingerprint density at radius 3 is 2.44 bits per heavy atom. The van der Waals surface area contributed by atoms with E-state index in [1.54, 1.807) is 12.1 Å². The Balaban J connectivity index is 2.08. The van der Waals surface area contributed by atoms with Crippen LogP contribution in [-0.2, 0) is 0 Å². The molecule has 1 aliphatic carbocycles. The van der Waals surface area contributed by atoms with E-state index in [2.05, 4.69) is 13.8 Å². The standard InChI is InChI=1S/C12H13Cl3O/c1-12(2)10(15)6-11(12)16-7-3-4-8(13)9(14)5-7/h3-5,10-11H,6H2,1-2H3. The summed E-state index contributed by atoms with van der Waals surface area (Å²) >= 11 is 17.9. The van der Waals surface area contributed by atoms with Gasteiger partial charge in [-0.05, 0) is 12.1 Å². The molecule has 1 nitrogen and oxygen atoms in total. The SMILES string of the molecule is CC1(C)C(Cl)CC1Oc1ccc(Cl)c(Cl)c1. The van der Waals surface area contributed by atoms with Crippen molar-refractivity contribution in [3.63, 3.8) is 0 Å². The first-order valence-electron chi connectivity index (χ1n) is 5.17. The summed E-state index contributed by atoms with van der Waals surface area (Å²) in [5.41, 5.74) is 0.00761. The van der Waals surface area contributed by atoms with Crippen molar-refractivity contribution in [1.82, 2.24) is 0 Å². The van der Waals surface area contributed by atoms with E-state index in [0.717, 1.165) is 12.2 Å². The highest BCUT2D eigenvalue weighted by molar-refractivity contribution is 6.42. The van der Waals surface area contributed by atoms with Gasteiger partial charge in [-0.25, -0.2) is 0 Å². The molecule has 0 spiro atoms. The lowest BCUT2D eigenvalue weighted by atomic mass is 9.68. The van der Waals surface area contributed by atoms with Crippen molar-refractivity contribution in [1.29, 1.82) is 0 Å². The predicted octanol–water partition coefficient (Wildman–Crippen LogP) is 4.78. The third kappa shape index (κ3) is 2.13. The van der Waals surface area contributed by atoms with Gasteiger partial charge in [0.1, 0.15) is 11.9 Å². The second-order valence-corrected chi connectivity index (χ2v) is 6.05. The summed E-state index contributed by atoms with van der Waals surface area (Å²) in [6.07, 6.45) is 1.02. The largest absolute Gasteiger partial charge is 0.490 e. The highest BCUT2D eigenvalue weighted by atomic mass is 35.5. The van der Waals surface area contributed by atoms with E-state index in [4.69, 9.17) is 39.5 Å². The van der Waals surface area contributed by atoms with Gasteiger partial charge in [0, 0.05) is 23.3 Å². The monoisotopic (exact) mass is 278 g/mol. The molecule has 0 amide bonds. The molecule has 1 aromatic carbocycles. The Hall–Kier alpha value is -0.110. The average molecular weight is 280 g/mol. The molecule has 0 heterocycles. The molecule has 16 heavy (non-hydrogen) atoms. The molecular weight excluding hydrogens is 266 g/mol. The predicted molar refractivity (Wildman–Crippen MR) is 68.9 cm³/mol. The third-order valence-corrected chi connectivity index (χ3v) is 4.71. The number of hydrogen-bond acceptors (Lipinski definition) is 1. The first-order valence-corrected chi connectivity index (χ1v) is 6.36. The zero-order valence-corrected chi connectivity index (χ0v) is 11.4. The maximum absolute atomic E-state index is 6.13. The van der Waals surface area contributed by atoms with Gasteiger partial charge >= 0.3 is 0 Å². The Bertz CT molecular complexity index is 403. The van der Waals surface area contributed by atoms with Gasteiger partial charge in [-0.2, -0.15) is 0 Å². The molecule has 0 aliphatic heterocycles. The Morgan fingerprint density at radius 2 is 1.94 bits per heavy atom. The lowest BCUT2D eigenvalue weighted by Crippen LogP contribution is -2.53. The molecule has 1 aliphatic rings. The van der Waals surface area contributed by atoms with E-state index in [9.17, 15) is 0 Å². The van der Waals surface area contributed by atoms with Crippen molar-refractivity contribution < 1.29 is 4.74 Å². The maximum atomic E-state index is 6.13. The molecule has 1 saturated carbocycles. The fourth-order valence-corrected chi connectivity index (χ4v) is 2.34. The van der Waals surface area contributed by atoms with Crippen LogP contribution in [-0.4, -0.2) is 11.5 Å². The van der Waals surface area contributed by atoms with Crippen LogP contribution >= 0.6 is 34.8 Å². The molecule has 0 bridgehead atoms. The lowest BCUT2D eigenvalue weighted by Gasteiger charge is -2.48. The van der Waals surface area contributed by atoms with E-state index in [1.165, 1.54) is 0 Å². The molecule has 1 aromatic rings. The minimum absolute atomic E-state index is 0.00761. The van der Waals surface area contributed by atoms with Crippen LogP contribution in [0, 0.1) is 5.41 Å². The van der Waals surface area contributed by atoms with Gasteiger partial charge in [0.25, 0.3) is 0 Å². The molecule has 1 fully saturated rings. The minimum Gasteiger partial charge on any atom is -0.490 e. The van der Waals surface area contributed by atoms with Crippen molar-refractivity contribution >= 4 is 34.8 Å². The number of halogens is 3. The Labute approximate surface area is 111 Å². The van der Waals surface area contributed by atoms with Gasteiger partial charge in [0.05, 0.1) is 10.0 Å². The zero-order chi connectivity index (χ0) is 11.9. The fourth-order valence-electron chi connectivity index (χ4n) is 1.75. The molecule has 4 heteroatoms. The summed E-state index contributed by atoms with van der Waals surface area (Å²) in [5.74, 6) is 0.746. The normalized spacial score (nSPS) is 27.3. The van der Waals surface area contributed by atoms with Crippen molar-refractivity contribution in [3.8, 4) is 5.75 Å². The quantitative estimate of drug-likeness (QED) is 0.708. The van der Waals surface area contributed by atoms with E-state index in [-0.39, 0.29) is 16.9 Å². The molecule has 88 valence electrons. The van der Waals surface area contributed by atoms with Gasteiger partial charge in [-0.3, -0.25) is 0 Å². The van der Waals surface area contributed by atoms with Crippen LogP contribution in [0.4, 0.5) is 0 Å². The lowest BCUT2D eigenvalue weighted by molar-refractivity contribution is -0.0130. The van der Waals surface area contributed by atoms with Crippen molar-refractivity contribution in [2.24, 2.45) is 5.41 Å². The van der Waals surface area contributed by atoms with Crippen LogP contribution < -0.4 is 4.74 Å². The maximum Gasteiger partial charge on any atom is 0.121 e. The first kappa shape index (κ1) is 12.3. The van der Waals surface area contributed by atoms with E-state index >= 15 is 0 Å². The van der Waals surface area contributed by atoms with Crippen LogP contribution in [0.2, 0.25) is 10.0 Å². The molecule has 0 aromatic heterocycles. The molecule has 0 saturated heterocycles. The number of ether oxygens (including phenoxy) is 1. The van der Waals surface area contributed by atoms with Crippen molar-refractivity contribution in [3.05, 3.63) is 28.2 Å². The number of benzene rings is 1. The van der Waals surface area contributed by atoms with Crippen LogP contribution in [0.25, 0.3) is 0 Å². The second-order valence-electron chi connectivity index (χ2n) is 4.71. The zero-order valence-electron chi connectivity index (χ0n) is 9.14. The van der Waals surface area contributed by atoms with E-state index < -0.39 is 0 Å². The highest BCUT2D eigenvalue weighted by Gasteiger charge is 2.49. The molecule has 0 radical (unpaired) electrons. The Kier molecular flexibility index (Phi) is 3.31. The third-order valence-electron chi connectivity index (χ3n) is 3.23. The number of hydrogen-bond donors (Lipinski definition) is 0. The van der Waals surface area contributed by atoms with Crippen LogP contribution in [0.3, 0.4) is 0 Å². The Morgan fingerprint density at radius 1 is 1.25 bits per heavy atom.